The number of carbonyl (C=O) groups excluding carboxylic acids is 4. The molecule has 0 spiro atoms. The molecular formula is C29H26N2O5S2. The summed E-state index contributed by atoms with van der Waals surface area (Å²) in [5.41, 5.74) is 3.45. The SMILES string of the molecule is CCOC(=O)c1c(NC(=O)c2ccc(CN3C(=O)S/C(=C\c4ccccc4)C3=O)cc2)sc2c1CCCC2. The normalized spacial score (nSPS) is 16.0. The predicted molar refractivity (Wildman–Crippen MR) is 149 cm³/mol. The lowest BCUT2D eigenvalue weighted by Gasteiger charge is -2.13. The Balaban J connectivity index is 1.28. The third kappa shape index (κ3) is 5.44. The minimum Gasteiger partial charge on any atom is -0.462 e. The first-order chi connectivity index (χ1) is 18.4. The van der Waals surface area contributed by atoms with Crippen LogP contribution in [0.15, 0.2) is 59.5 Å². The molecule has 0 atom stereocenters. The van der Waals surface area contributed by atoms with Crippen LogP contribution in [0.25, 0.3) is 6.08 Å². The molecule has 3 aromatic rings. The number of amides is 3. The number of anilines is 1. The summed E-state index contributed by atoms with van der Waals surface area (Å²) in [6.45, 7) is 2.14. The Morgan fingerprint density at radius 1 is 1.03 bits per heavy atom. The molecule has 2 heterocycles. The van der Waals surface area contributed by atoms with E-state index in [-0.39, 0.29) is 30.2 Å². The molecule has 38 heavy (non-hydrogen) atoms. The van der Waals surface area contributed by atoms with Crippen molar-refractivity contribution in [3.05, 3.63) is 92.2 Å². The van der Waals surface area contributed by atoms with Crippen molar-refractivity contribution < 1.29 is 23.9 Å². The van der Waals surface area contributed by atoms with Crippen molar-refractivity contribution >= 4 is 57.2 Å². The van der Waals surface area contributed by atoms with Crippen molar-refractivity contribution in [2.75, 3.05) is 11.9 Å². The number of nitrogens with one attached hydrogen (secondary N) is 1. The van der Waals surface area contributed by atoms with Crippen LogP contribution in [0.5, 0.6) is 0 Å². The summed E-state index contributed by atoms with van der Waals surface area (Å²) in [5, 5.41) is 3.10. The fourth-order valence-electron chi connectivity index (χ4n) is 4.53. The molecule has 0 unspecified atom stereocenters. The Bertz CT molecular complexity index is 1430. The lowest BCUT2D eigenvalue weighted by Crippen LogP contribution is -2.27. The van der Waals surface area contributed by atoms with E-state index in [0.29, 0.717) is 21.0 Å². The lowest BCUT2D eigenvalue weighted by molar-refractivity contribution is -0.123. The fraction of sp³-hybridized carbons (Fsp3) is 0.241. The first kappa shape index (κ1) is 25.9. The van der Waals surface area contributed by atoms with Crippen molar-refractivity contribution in [1.82, 2.24) is 4.90 Å². The average molecular weight is 547 g/mol. The summed E-state index contributed by atoms with van der Waals surface area (Å²) in [5.74, 6) is -1.08. The van der Waals surface area contributed by atoms with Gasteiger partial charge in [-0.3, -0.25) is 19.3 Å². The van der Waals surface area contributed by atoms with E-state index >= 15 is 0 Å². The van der Waals surface area contributed by atoms with Crippen molar-refractivity contribution in [1.29, 1.82) is 0 Å². The second kappa shape index (κ2) is 11.4. The summed E-state index contributed by atoms with van der Waals surface area (Å²) < 4.78 is 5.27. The lowest BCUT2D eigenvalue weighted by atomic mass is 9.95. The molecule has 0 saturated carbocycles. The van der Waals surface area contributed by atoms with Crippen LogP contribution >= 0.6 is 23.1 Å². The van der Waals surface area contributed by atoms with Gasteiger partial charge in [-0.15, -0.1) is 11.3 Å². The van der Waals surface area contributed by atoms with Crippen LogP contribution < -0.4 is 5.32 Å². The van der Waals surface area contributed by atoms with Gasteiger partial charge >= 0.3 is 5.97 Å². The molecule has 1 aliphatic heterocycles. The van der Waals surface area contributed by atoms with E-state index in [0.717, 1.165) is 59.0 Å². The van der Waals surface area contributed by atoms with Gasteiger partial charge < -0.3 is 10.1 Å². The van der Waals surface area contributed by atoms with Crippen LogP contribution in [-0.4, -0.2) is 34.5 Å². The van der Waals surface area contributed by atoms with Crippen LogP contribution in [0, 0.1) is 0 Å². The molecular weight excluding hydrogens is 520 g/mol. The molecule has 1 aliphatic carbocycles. The molecule has 5 rings (SSSR count). The Morgan fingerprint density at radius 2 is 1.76 bits per heavy atom. The summed E-state index contributed by atoms with van der Waals surface area (Å²) in [6, 6.07) is 16.1. The molecule has 9 heteroatoms. The summed E-state index contributed by atoms with van der Waals surface area (Å²) in [4.78, 5) is 53.8. The van der Waals surface area contributed by atoms with Gasteiger partial charge in [-0.2, -0.15) is 0 Å². The highest BCUT2D eigenvalue weighted by Crippen LogP contribution is 2.39. The summed E-state index contributed by atoms with van der Waals surface area (Å²) in [6.07, 6.45) is 5.49. The Kier molecular flexibility index (Phi) is 7.76. The van der Waals surface area contributed by atoms with E-state index < -0.39 is 5.97 Å². The second-order valence-corrected chi connectivity index (χ2v) is 11.1. The number of fused-ring (bicyclic) bond motifs is 1. The highest BCUT2D eigenvalue weighted by Gasteiger charge is 2.35. The number of nitrogens with zero attached hydrogens (tertiary/aromatic N) is 1. The third-order valence-corrected chi connectivity index (χ3v) is 8.52. The third-order valence-electron chi connectivity index (χ3n) is 6.41. The zero-order valence-corrected chi connectivity index (χ0v) is 22.5. The standard InChI is InChI=1S/C29H26N2O5S2/c1-2-36-28(34)24-21-10-6-7-11-22(21)37-26(24)30-25(32)20-14-12-19(13-15-20)17-31-27(33)23(38-29(31)35)16-18-8-4-3-5-9-18/h3-5,8-9,12-16H,2,6-7,10-11,17H2,1H3,(H,30,32)/b23-16-. The maximum absolute atomic E-state index is 13.1. The van der Waals surface area contributed by atoms with Gasteiger partial charge in [0.2, 0.25) is 0 Å². The van der Waals surface area contributed by atoms with E-state index in [1.807, 2.05) is 30.3 Å². The van der Waals surface area contributed by atoms with Gasteiger partial charge in [0.25, 0.3) is 17.1 Å². The number of hydrogen-bond acceptors (Lipinski definition) is 7. The minimum atomic E-state index is -0.406. The number of hydrogen-bond donors (Lipinski definition) is 1. The van der Waals surface area contributed by atoms with Crippen LogP contribution in [0.4, 0.5) is 9.80 Å². The van der Waals surface area contributed by atoms with Gasteiger partial charge in [-0.25, -0.2) is 4.79 Å². The van der Waals surface area contributed by atoms with Gasteiger partial charge in [0, 0.05) is 10.4 Å². The maximum Gasteiger partial charge on any atom is 0.341 e. The van der Waals surface area contributed by atoms with Crippen molar-refractivity contribution in [2.45, 2.75) is 39.2 Å². The molecule has 7 nitrogen and oxygen atoms in total. The Hall–Kier alpha value is -3.69. The maximum atomic E-state index is 13.1. The molecule has 0 bridgehead atoms. The number of rotatable bonds is 7. The summed E-state index contributed by atoms with van der Waals surface area (Å²) in [7, 11) is 0. The molecule has 194 valence electrons. The van der Waals surface area contributed by atoms with Crippen LogP contribution in [0.3, 0.4) is 0 Å². The fourth-order valence-corrected chi connectivity index (χ4v) is 6.64. The van der Waals surface area contributed by atoms with E-state index in [1.165, 1.54) is 16.2 Å². The van der Waals surface area contributed by atoms with Crippen LogP contribution in [0.1, 0.15) is 62.0 Å². The number of ether oxygens (including phenoxy) is 1. The number of aryl methyl sites for hydroxylation is 1. The van der Waals surface area contributed by atoms with Crippen LogP contribution in [0.2, 0.25) is 0 Å². The highest BCUT2D eigenvalue weighted by molar-refractivity contribution is 8.18. The van der Waals surface area contributed by atoms with Crippen molar-refractivity contribution in [2.24, 2.45) is 0 Å². The summed E-state index contributed by atoms with van der Waals surface area (Å²) >= 11 is 2.36. The average Bonchev–Trinajstić information content (AvgIpc) is 3.41. The minimum absolute atomic E-state index is 0.114. The molecule has 0 radical (unpaired) electrons. The number of imide groups is 1. The van der Waals surface area contributed by atoms with E-state index in [1.54, 1.807) is 37.3 Å². The number of benzene rings is 2. The van der Waals surface area contributed by atoms with Gasteiger partial charge in [0.05, 0.1) is 23.6 Å². The molecule has 1 saturated heterocycles. The van der Waals surface area contributed by atoms with Gasteiger partial charge in [0.15, 0.2) is 0 Å². The largest absolute Gasteiger partial charge is 0.462 e. The number of carbonyl (C=O) groups is 4. The molecule has 2 aromatic carbocycles. The van der Waals surface area contributed by atoms with E-state index in [2.05, 4.69) is 5.32 Å². The first-order valence-electron chi connectivity index (χ1n) is 12.5. The predicted octanol–water partition coefficient (Wildman–Crippen LogP) is 6.29. The number of esters is 1. The molecule has 1 N–H and O–H groups in total. The smallest absolute Gasteiger partial charge is 0.341 e. The van der Waals surface area contributed by atoms with Gasteiger partial charge in [0.1, 0.15) is 5.00 Å². The van der Waals surface area contributed by atoms with Crippen molar-refractivity contribution in [3.8, 4) is 0 Å². The van der Waals surface area contributed by atoms with Gasteiger partial charge in [-0.05, 0) is 79.3 Å². The Morgan fingerprint density at radius 3 is 2.50 bits per heavy atom. The topological polar surface area (TPSA) is 92.8 Å². The molecule has 2 aliphatic rings. The van der Waals surface area contributed by atoms with Gasteiger partial charge in [-0.1, -0.05) is 42.5 Å². The monoisotopic (exact) mass is 546 g/mol. The molecule has 3 amide bonds. The second-order valence-electron chi connectivity index (χ2n) is 8.97. The van der Waals surface area contributed by atoms with Crippen LogP contribution in [-0.2, 0) is 28.9 Å². The quantitative estimate of drug-likeness (QED) is 0.276. The number of thioether (sulfide) groups is 1. The zero-order chi connectivity index (χ0) is 26.6. The number of thiophene rings is 1. The molecule has 1 fully saturated rings. The van der Waals surface area contributed by atoms with E-state index in [9.17, 15) is 19.2 Å². The highest BCUT2D eigenvalue weighted by atomic mass is 32.2. The Labute approximate surface area is 228 Å². The van der Waals surface area contributed by atoms with Crippen molar-refractivity contribution in [3.63, 3.8) is 0 Å². The van der Waals surface area contributed by atoms with E-state index in [4.69, 9.17) is 4.74 Å². The zero-order valence-electron chi connectivity index (χ0n) is 20.8. The first-order valence-corrected chi connectivity index (χ1v) is 14.1. The molecule has 1 aromatic heterocycles.